The third-order valence-electron chi connectivity index (χ3n) is 5.03. The van der Waals surface area contributed by atoms with Gasteiger partial charge >= 0.3 is 0 Å². The normalized spacial score (nSPS) is 11.6. The van der Waals surface area contributed by atoms with Crippen LogP contribution in [0.25, 0.3) is 50.5 Å². The van der Waals surface area contributed by atoms with Crippen molar-refractivity contribution in [3.63, 3.8) is 0 Å². The van der Waals surface area contributed by atoms with Gasteiger partial charge in [-0.15, -0.1) is 10.2 Å². The number of hydrogen-bond acceptors (Lipinski definition) is 4. The molecule has 6 rings (SSSR count). The number of halogens is 1. The number of para-hydroxylation sites is 3. The molecular formula is C23H13BrN4O. The van der Waals surface area contributed by atoms with Crippen LogP contribution in [0.3, 0.4) is 0 Å². The second-order valence-corrected chi connectivity index (χ2v) is 7.71. The molecule has 0 radical (unpaired) electrons. The first-order valence-corrected chi connectivity index (χ1v) is 9.96. The predicted octanol–water partition coefficient (Wildman–Crippen LogP) is 6.12. The maximum absolute atomic E-state index is 6.06. The lowest BCUT2D eigenvalue weighted by atomic mass is 10.1. The number of benzene rings is 3. The van der Waals surface area contributed by atoms with Crippen molar-refractivity contribution in [3.05, 3.63) is 83.3 Å². The summed E-state index contributed by atoms with van der Waals surface area (Å²) in [7, 11) is 0. The molecule has 0 saturated carbocycles. The topological polar surface area (TPSA) is 56.2 Å². The Balaban J connectivity index is 1.64. The minimum Gasteiger partial charge on any atom is -0.416 e. The van der Waals surface area contributed by atoms with Gasteiger partial charge in [-0.05, 0) is 53.9 Å². The Morgan fingerprint density at radius 1 is 0.759 bits per heavy atom. The first-order chi connectivity index (χ1) is 14.3. The first kappa shape index (κ1) is 16.4. The summed E-state index contributed by atoms with van der Waals surface area (Å²) in [5.74, 6) is 0.934. The highest BCUT2D eigenvalue weighted by atomic mass is 79.9. The Morgan fingerprint density at radius 3 is 2.34 bits per heavy atom. The van der Waals surface area contributed by atoms with E-state index in [4.69, 9.17) is 9.40 Å². The minimum absolute atomic E-state index is 0.453. The molecule has 29 heavy (non-hydrogen) atoms. The van der Waals surface area contributed by atoms with Crippen molar-refractivity contribution in [1.29, 1.82) is 0 Å². The molecule has 138 valence electrons. The Hall–Kier alpha value is -3.51. The number of aromatic nitrogens is 4. The van der Waals surface area contributed by atoms with Crippen molar-refractivity contribution in [2.24, 2.45) is 0 Å². The van der Waals surface area contributed by atoms with E-state index in [9.17, 15) is 0 Å². The molecule has 3 aromatic heterocycles. The van der Waals surface area contributed by atoms with Crippen LogP contribution < -0.4 is 0 Å². The van der Waals surface area contributed by atoms with Crippen LogP contribution in [-0.2, 0) is 0 Å². The standard InChI is InChI=1S/C23H13BrN4O/c24-16-11-9-14(10-12-16)22-26-27-23(29-22)17-13-15-5-1-3-7-19(15)28-20-8-4-2-6-18(20)25-21(17)28/h1-13H. The number of rotatable bonds is 2. The molecule has 6 heteroatoms. The lowest BCUT2D eigenvalue weighted by molar-refractivity contribution is 0.585. The fourth-order valence-electron chi connectivity index (χ4n) is 3.68. The Bertz CT molecular complexity index is 1520. The maximum Gasteiger partial charge on any atom is 0.251 e. The van der Waals surface area contributed by atoms with Gasteiger partial charge in [-0.25, -0.2) is 4.98 Å². The van der Waals surface area contributed by atoms with E-state index in [1.54, 1.807) is 0 Å². The van der Waals surface area contributed by atoms with Gasteiger partial charge in [0.05, 0.1) is 22.1 Å². The van der Waals surface area contributed by atoms with Crippen LogP contribution >= 0.6 is 15.9 Å². The molecule has 0 N–H and O–H groups in total. The van der Waals surface area contributed by atoms with E-state index in [2.05, 4.69) is 54.8 Å². The van der Waals surface area contributed by atoms with Gasteiger partial charge in [0.25, 0.3) is 5.89 Å². The molecule has 0 unspecified atom stereocenters. The number of fused-ring (bicyclic) bond motifs is 5. The van der Waals surface area contributed by atoms with Crippen LogP contribution in [0.5, 0.6) is 0 Å². The summed E-state index contributed by atoms with van der Waals surface area (Å²) in [5, 5.41) is 9.68. The van der Waals surface area contributed by atoms with E-state index >= 15 is 0 Å². The molecule has 0 aliphatic carbocycles. The summed E-state index contributed by atoms with van der Waals surface area (Å²) in [6.45, 7) is 0. The van der Waals surface area contributed by atoms with Gasteiger partial charge in [-0.2, -0.15) is 0 Å². The van der Waals surface area contributed by atoms with Crippen LogP contribution in [0.1, 0.15) is 0 Å². The van der Waals surface area contributed by atoms with Gasteiger partial charge in [0.1, 0.15) is 0 Å². The summed E-state index contributed by atoms with van der Waals surface area (Å²) >= 11 is 3.45. The average molecular weight is 441 g/mol. The molecule has 6 aromatic rings. The Morgan fingerprint density at radius 2 is 1.48 bits per heavy atom. The van der Waals surface area contributed by atoms with Crippen LogP contribution in [0.2, 0.25) is 0 Å². The molecule has 5 nitrogen and oxygen atoms in total. The van der Waals surface area contributed by atoms with Gasteiger partial charge in [-0.3, -0.25) is 4.40 Å². The van der Waals surface area contributed by atoms with Crippen molar-refractivity contribution in [2.45, 2.75) is 0 Å². The zero-order valence-electron chi connectivity index (χ0n) is 15.1. The number of hydrogen-bond donors (Lipinski definition) is 0. The molecular weight excluding hydrogens is 428 g/mol. The van der Waals surface area contributed by atoms with Crippen molar-refractivity contribution >= 4 is 43.5 Å². The lowest BCUT2D eigenvalue weighted by Crippen LogP contribution is -1.92. The molecule has 0 amide bonds. The summed E-state index contributed by atoms with van der Waals surface area (Å²) in [5.41, 5.74) is 5.56. The highest BCUT2D eigenvalue weighted by Crippen LogP contribution is 2.33. The monoisotopic (exact) mass is 440 g/mol. The van der Waals surface area contributed by atoms with Crippen LogP contribution in [0, 0.1) is 0 Å². The van der Waals surface area contributed by atoms with Gasteiger partial charge in [0.15, 0.2) is 5.65 Å². The lowest BCUT2D eigenvalue weighted by Gasteiger charge is -2.06. The number of imidazole rings is 1. The Kier molecular flexibility index (Phi) is 3.55. The van der Waals surface area contributed by atoms with E-state index in [1.165, 1.54) is 0 Å². The molecule has 3 heterocycles. The third kappa shape index (κ3) is 2.57. The maximum atomic E-state index is 6.06. The Labute approximate surface area is 173 Å². The molecule has 0 atom stereocenters. The van der Waals surface area contributed by atoms with Gasteiger partial charge in [0.2, 0.25) is 5.89 Å². The smallest absolute Gasteiger partial charge is 0.251 e. The van der Waals surface area contributed by atoms with E-state index in [1.807, 2.05) is 54.6 Å². The van der Waals surface area contributed by atoms with E-state index in [-0.39, 0.29) is 0 Å². The van der Waals surface area contributed by atoms with Crippen LogP contribution in [0.15, 0.2) is 87.8 Å². The highest BCUT2D eigenvalue weighted by Gasteiger charge is 2.18. The SMILES string of the molecule is Brc1ccc(-c2nnc(-c3cc4ccccc4n4c3nc3ccccc34)o2)cc1. The molecule has 0 aliphatic heterocycles. The predicted molar refractivity (Wildman–Crippen MR) is 117 cm³/mol. The first-order valence-electron chi connectivity index (χ1n) is 9.17. The second-order valence-electron chi connectivity index (χ2n) is 6.80. The van der Waals surface area contributed by atoms with Gasteiger partial charge in [0, 0.05) is 10.0 Å². The van der Waals surface area contributed by atoms with Crippen molar-refractivity contribution in [1.82, 2.24) is 19.6 Å². The summed E-state index contributed by atoms with van der Waals surface area (Å²) in [4.78, 5) is 4.86. The van der Waals surface area contributed by atoms with Gasteiger partial charge < -0.3 is 4.42 Å². The number of nitrogens with zero attached hydrogens (tertiary/aromatic N) is 4. The zero-order chi connectivity index (χ0) is 19.4. The van der Waals surface area contributed by atoms with Crippen LogP contribution in [0.4, 0.5) is 0 Å². The third-order valence-corrected chi connectivity index (χ3v) is 5.55. The van der Waals surface area contributed by atoms with E-state index in [0.29, 0.717) is 11.8 Å². The average Bonchev–Trinajstić information content (AvgIpc) is 3.39. The fraction of sp³-hybridized carbons (Fsp3) is 0. The molecule has 0 bridgehead atoms. The summed E-state index contributed by atoms with van der Waals surface area (Å²) in [6.07, 6.45) is 0. The largest absolute Gasteiger partial charge is 0.416 e. The summed E-state index contributed by atoms with van der Waals surface area (Å²) < 4.78 is 9.22. The van der Waals surface area contributed by atoms with Crippen molar-refractivity contribution in [3.8, 4) is 22.9 Å². The van der Waals surface area contributed by atoms with E-state index in [0.717, 1.165) is 43.2 Å². The molecule has 0 spiro atoms. The van der Waals surface area contributed by atoms with Crippen molar-refractivity contribution < 1.29 is 4.42 Å². The second kappa shape index (κ2) is 6.25. The molecule has 0 saturated heterocycles. The quantitative estimate of drug-likeness (QED) is 0.325. The zero-order valence-corrected chi connectivity index (χ0v) is 16.7. The van der Waals surface area contributed by atoms with Crippen LogP contribution in [-0.4, -0.2) is 19.6 Å². The minimum atomic E-state index is 0.453. The molecule has 0 fully saturated rings. The van der Waals surface area contributed by atoms with E-state index < -0.39 is 0 Å². The molecule has 0 aliphatic rings. The number of pyridine rings is 1. The highest BCUT2D eigenvalue weighted by molar-refractivity contribution is 9.10. The summed E-state index contributed by atoms with van der Waals surface area (Å²) in [6, 6.07) is 26.2. The van der Waals surface area contributed by atoms with Crippen molar-refractivity contribution in [2.75, 3.05) is 0 Å². The fourth-order valence-corrected chi connectivity index (χ4v) is 3.95. The molecule has 3 aromatic carbocycles. The van der Waals surface area contributed by atoms with Gasteiger partial charge in [-0.1, -0.05) is 46.3 Å².